The van der Waals surface area contributed by atoms with Crippen LogP contribution in [0.25, 0.3) is 0 Å². The number of likely N-dealkylation sites (N-methyl/N-ethyl adjacent to an activating group) is 1. The molecule has 40 heavy (non-hydrogen) atoms. The number of phenolic OH excluding ortho intramolecular Hbond substituents is 1. The van der Waals surface area contributed by atoms with E-state index in [0.717, 1.165) is 18.4 Å². The minimum absolute atomic E-state index is 0.0411. The molecule has 0 radical (unpaired) electrons. The smallest absolute Gasteiger partial charge is 0.235 e. The molecule has 3 aliphatic rings. The van der Waals surface area contributed by atoms with Gasteiger partial charge < -0.3 is 15.9 Å². The minimum Gasteiger partial charge on any atom is -0.507 e. The van der Waals surface area contributed by atoms with Gasteiger partial charge in [-0.15, -0.1) is 0 Å². The lowest BCUT2D eigenvalue weighted by Crippen LogP contribution is -2.74. The van der Waals surface area contributed by atoms with E-state index in [4.69, 9.17) is 5.73 Å². The summed E-state index contributed by atoms with van der Waals surface area (Å²) in [7, 11) is 3.14. The SMILES string of the molecule is Cc1ccc(CCCc2ccc(O)c3c2C[C@@H]2C[C@@H]4C(N(C)C)C(=O)C(C(N)=O)C(=O)[C@]4(O)C(=O)C2C3=O)cc1. The Bertz CT molecular complexity index is 1430. The molecule has 5 rings (SSSR count). The third kappa shape index (κ3) is 4.19. The van der Waals surface area contributed by atoms with Crippen molar-refractivity contribution in [2.45, 2.75) is 50.7 Å². The molecular weight excluding hydrogens is 512 g/mol. The van der Waals surface area contributed by atoms with Crippen molar-refractivity contribution in [1.82, 2.24) is 4.90 Å². The van der Waals surface area contributed by atoms with Crippen molar-refractivity contribution in [3.63, 3.8) is 0 Å². The standard InChI is InChI=1S/C31H34N2O7/c1-15-7-9-16(10-8-15)5-4-6-17-11-12-21(34)23-19(17)13-18-14-20-25(33(2)3)27(36)24(30(32)39)29(38)31(20,40)28(37)22(18)26(23)35/h7-12,18,20,22,24-25,34,40H,4-6,13-14H2,1-3H3,(H2,32,39)/t18-,20-,22?,24?,25?,31-/m1/s1. The number of rotatable bonds is 6. The number of primary amides is 1. The number of fused-ring (bicyclic) bond motifs is 3. The minimum atomic E-state index is -2.71. The first-order valence-corrected chi connectivity index (χ1v) is 13.6. The maximum atomic E-state index is 13.9. The van der Waals surface area contributed by atoms with Crippen LogP contribution in [0.4, 0.5) is 0 Å². The second-order valence-corrected chi connectivity index (χ2v) is 11.7. The van der Waals surface area contributed by atoms with Gasteiger partial charge in [0, 0.05) is 5.92 Å². The van der Waals surface area contributed by atoms with Crippen molar-refractivity contribution in [2.24, 2.45) is 29.4 Å². The molecule has 0 bridgehead atoms. The van der Waals surface area contributed by atoms with Crippen molar-refractivity contribution in [2.75, 3.05) is 14.1 Å². The number of nitrogens with two attached hydrogens (primary N) is 1. The monoisotopic (exact) mass is 546 g/mol. The number of aromatic hydroxyl groups is 1. The number of carbonyl (C=O) groups excluding carboxylic acids is 5. The van der Waals surface area contributed by atoms with E-state index in [-0.39, 0.29) is 24.2 Å². The molecule has 0 aromatic heterocycles. The fourth-order valence-corrected chi connectivity index (χ4v) is 7.14. The number of aryl methyl sites for hydroxylation is 3. The molecule has 9 nitrogen and oxygen atoms in total. The Labute approximate surface area is 232 Å². The Morgan fingerprint density at radius 1 is 1.02 bits per heavy atom. The molecule has 3 unspecified atom stereocenters. The fourth-order valence-electron chi connectivity index (χ4n) is 7.14. The van der Waals surface area contributed by atoms with Crippen LogP contribution in [0.15, 0.2) is 36.4 Å². The zero-order valence-electron chi connectivity index (χ0n) is 22.8. The number of hydrogen-bond donors (Lipinski definition) is 3. The summed E-state index contributed by atoms with van der Waals surface area (Å²) in [5, 5.41) is 22.4. The van der Waals surface area contributed by atoms with Crippen LogP contribution in [0.5, 0.6) is 5.75 Å². The number of Topliss-reactive ketones (excluding diaryl/α,β-unsaturated/α-hetero) is 4. The van der Waals surface area contributed by atoms with Crippen LogP contribution in [0.1, 0.15) is 45.5 Å². The van der Waals surface area contributed by atoms with Crippen molar-refractivity contribution in [1.29, 1.82) is 0 Å². The normalized spacial score (nSPS) is 29.7. The first-order valence-electron chi connectivity index (χ1n) is 13.6. The molecule has 2 saturated carbocycles. The van der Waals surface area contributed by atoms with Crippen LogP contribution in [0.2, 0.25) is 0 Å². The Morgan fingerprint density at radius 3 is 2.33 bits per heavy atom. The van der Waals surface area contributed by atoms with Gasteiger partial charge in [-0.1, -0.05) is 35.9 Å². The van der Waals surface area contributed by atoms with Crippen molar-refractivity contribution >= 4 is 29.0 Å². The summed E-state index contributed by atoms with van der Waals surface area (Å²) in [4.78, 5) is 67.8. The van der Waals surface area contributed by atoms with Crippen LogP contribution in [0.3, 0.4) is 0 Å². The van der Waals surface area contributed by atoms with Gasteiger partial charge in [0.05, 0.1) is 17.5 Å². The van der Waals surface area contributed by atoms with Gasteiger partial charge in [0.25, 0.3) is 0 Å². The number of aliphatic hydroxyl groups is 1. The lowest BCUT2D eigenvalue weighted by molar-refractivity contribution is -0.181. The van der Waals surface area contributed by atoms with E-state index in [1.54, 1.807) is 20.2 Å². The molecule has 3 aliphatic carbocycles. The third-order valence-corrected chi connectivity index (χ3v) is 9.07. The Kier molecular flexibility index (Phi) is 7.00. The Balaban J connectivity index is 1.50. The average Bonchev–Trinajstić information content (AvgIpc) is 2.88. The van der Waals surface area contributed by atoms with E-state index in [1.165, 1.54) is 22.1 Å². The zero-order chi connectivity index (χ0) is 29.1. The second kappa shape index (κ2) is 10.1. The largest absolute Gasteiger partial charge is 0.507 e. The number of benzene rings is 2. The summed E-state index contributed by atoms with van der Waals surface area (Å²) >= 11 is 0. The van der Waals surface area contributed by atoms with Gasteiger partial charge in [0.2, 0.25) is 5.91 Å². The molecule has 0 saturated heterocycles. The summed E-state index contributed by atoms with van der Waals surface area (Å²) < 4.78 is 0. The maximum absolute atomic E-state index is 13.9. The highest BCUT2D eigenvalue weighted by Crippen LogP contribution is 2.51. The van der Waals surface area contributed by atoms with Gasteiger partial charge in [-0.3, -0.25) is 28.9 Å². The second-order valence-electron chi connectivity index (χ2n) is 11.7. The van der Waals surface area contributed by atoms with E-state index < -0.39 is 64.4 Å². The highest BCUT2D eigenvalue weighted by molar-refractivity contribution is 6.32. The molecule has 0 spiro atoms. The Hall–Kier alpha value is -3.69. The molecule has 4 N–H and O–H groups in total. The topological polar surface area (TPSA) is 155 Å². The van der Waals surface area contributed by atoms with Gasteiger partial charge >= 0.3 is 0 Å². The summed E-state index contributed by atoms with van der Waals surface area (Å²) in [6.45, 7) is 2.03. The molecule has 9 heteroatoms. The third-order valence-electron chi connectivity index (χ3n) is 9.07. The molecule has 6 atom stereocenters. The molecule has 0 heterocycles. The molecule has 1 amide bonds. The highest BCUT2D eigenvalue weighted by Gasteiger charge is 2.69. The van der Waals surface area contributed by atoms with E-state index >= 15 is 0 Å². The number of nitrogens with zero attached hydrogens (tertiary/aromatic N) is 1. The van der Waals surface area contributed by atoms with Crippen LogP contribution < -0.4 is 5.73 Å². The molecular formula is C31H34N2O7. The summed E-state index contributed by atoms with van der Waals surface area (Å²) in [6.07, 6.45) is 2.62. The molecule has 210 valence electrons. The molecule has 2 fully saturated rings. The summed E-state index contributed by atoms with van der Waals surface area (Å²) in [6, 6.07) is 10.4. The predicted molar refractivity (Wildman–Crippen MR) is 145 cm³/mol. The molecule has 2 aromatic carbocycles. The highest BCUT2D eigenvalue weighted by atomic mass is 16.3. The summed E-state index contributed by atoms with van der Waals surface area (Å²) in [5.74, 6) is -10.3. The lowest BCUT2D eigenvalue weighted by atomic mass is 9.52. The predicted octanol–water partition coefficient (Wildman–Crippen LogP) is 1.35. The number of ketones is 4. The van der Waals surface area contributed by atoms with Crippen molar-refractivity contribution in [3.8, 4) is 5.75 Å². The number of hydrogen-bond acceptors (Lipinski definition) is 8. The van der Waals surface area contributed by atoms with E-state index in [9.17, 15) is 34.2 Å². The zero-order valence-corrected chi connectivity index (χ0v) is 22.8. The van der Waals surface area contributed by atoms with Gasteiger partial charge in [-0.2, -0.15) is 0 Å². The van der Waals surface area contributed by atoms with Crippen molar-refractivity contribution in [3.05, 3.63) is 64.2 Å². The van der Waals surface area contributed by atoms with Crippen LogP contribution in [-0.2, 0) is 38.4 Å². The van der Waals surface area contributed by atoms with E-state index in [0.29, 0.717) is 12.0 Å². The van der Waals surface area contributed by atoms with Crippen molar-refractivity contribution < 1.29 is 34.2 Å². The first-order chi connectivity index (χ1) is 18.9. The van der Waals surface area contributed by atoms with Crippen LogP contribution in [-0.4, -0.2) is 69.9 Å². The average molecular weight is 547 g/mol. The van der Waals surface area contributed by atoms with Gasteiger partial charge in [0.15, 0.2) is 34.7 Å². The maximum Gasteiger partial charge on any atom is 0.235 e. The van der Waals surface area contributed by atoms with Gasteiger partial charge in [-0.05, 0) is 81.8 Å². The summed E-state index contributed by atoms with van der Waals surface area (Å²) in [5.41, 5.74) is 6.63. The first kappa shape index (κ1) is 27.9. The Morgan fingerprint density at radius 2 is 1.70 bits per heavy atom. The number of carbonyl (C=O) groups is 5. The van der Waals surface area contributed by atoms with Gasteiger partial charge in [0.1, 0.15) is 5.75 Å². The number of phenols is 1. The van der Waals surface area contributed by atoms with E-state index in [1.807, 2.05) is 6.92 Å². The van der Waals surface area contributed by atoms with Gasteiger partial charge in [-0.25, -0.2) is 0 Å². The lowest BCUT2D eigenvalue weighted by Gasteiger charge is -2.52. The molecule has 0 aliphatic heterocycles. The quantitative estimate of drug-likeness (QED) is 0.459. The van der Waals surface area contributed by atoms with E-state index in [2.05, 4.69) is 24.3 Å². The number of amides is 1. The fraction of sp³-hybridized carbons (Fsp3) is 0.452. The molecule has 2 aromatic rings. The van der Waals surface area contributed by atoms with Crippen LogP contribution >= 0.6 is 0 Å². The van der Waals surface area contributed by atoms with Crippen LogP contribution in [0, 0.1) is 30.6 Å².